The largest absolute Gasteiger partial charge is 0.490 e. The quantitative estimate of drug-likeness (QED) is 0.488. The molecule has 1 aromatic carbocycles. The first-order valence-corrected chi connectivity index (χ1v) is 10.8. The van der Waals surface area contributed by atoms with Crippen LogP contribution in [0.2, 0.25) is 0 Å². The average molecular weight is 483 g/mol. The number of piperidine rings is 1. The number of rotatable bonds is 1. The van der Waals surface area contributed by atoms with Crippen molar-refractivity contribution >= 4 is 35.1 Å². The van der Waals surface area contributed by atoms with Crippen LogP contribution in [0.4, 0.5) is 24.5 Å². The first-order valence-electron chi connectivity index (χ1n) is 10.8. The van der Waals surface area contributed by atoms with Gasteiger partial charge in [0, 0.05) is 51.8 Å². The van der Waals surface area contributed by atoms with Gasteiger partial charge in [-0.2, -0.15) is 13.2 Å². The number of piperazine rings is 1. The van der Waals surface area contributed by atoms with Gasteiger partial charge in [0.2, 0.25) is 11.8 Å². The third kappa shape index (κ3) is 4.39. The summed E-state index contributed by atoms with van der Waals surface area (Å²) in [4.78, 5) is 51.8. The lowest BCUT2D eigenvalue weighted by molar-refractivity contribution is -0.192. The first-order chi connectivity index (χ1) is 16.0. The molecule has 0 aliphatic carbocycles. The Morgan fingerprint density at radius 3 is 2.50 bits per heavy atom. The molecule has 4 heterocycles. The lowest BCUT2D eigenvalue weighted by atomic mass is 10.0. The smallest absolute Gasteiger partial charge is 0.475 e. The van der Waals surface area contributed by atoms with E-state index in [9.17, 15) is 27.6 Å². The molecule has 0 radical (unpaired) electrons. The minimum Gasteiger partial charge on any atom is -0.475 e. The summed E-state index contributed by atoms with van der Waals surface area (Å²) in [5, 5.41) is 12.9. The number of nitrogens with zero attached hydrogens (tertiary/aromatic N) is 3. The van der Waals surface area contributed by atoms with E-state index in [2.05, 4.69) is 33.5 Å². The molecule has 10 nitrogen and oxygen atoms in total. The normalized spacial score (nSPS) is 24.0. The van der Waals surface area contributed by atoms with Crippen LogP contribution in [-0.4, -0.2) is 85.2 Å². The summed E-state index contributed by atoms with van der Waals surface area (Å²) in [6, 6.07) is 3.97. The third-order valence-corrected chi connectivity index (χ3v) is 6.42. The van der Waals surface area contributed by atoms with Gasteiger partial charge >= 0.3 is 12.1 Å². The fourth-order valence-electron chi connectivity index (χ4n) is 4.78. The Labute approximate surface area is 192 Å². The van der Waals surface area contributed by atoms with Gasteiger partial charge in [0.1, 0.15) is 6.04 Å². The van der Waals surface area contributed by atoms with Crippen LogP contribution in [0, 0.1) is 0 Å². The molecule has 3 N–H and O–H groups in total. The summed E-state index contributed by atoms with van der Waals surface area (Å²) in [6.07, 6.45) is -4.41. The number of carbonyl (C=O) groups excluding carboxylic acids is 3. The van der Waals surface area contributed by atoms with Gasteiger partial charge in [0.25, 0.3) is 5.91 Å². The maximum absolute atomic E-state index is 13.0. The van der Waals surface area contributed by atoms with Crippen LogP contribution in [0.5, 0.6) is 0 Å². The third-order valence-electron chi connectivity index (χ3n) is 6.42. The van der Waals surface area contributed by atoms with Crippen molar-refractivity contribution in [2.45, 2.75) is 37.6 Å². The molecule has 1 unspecified atom stereocenters. The highest BCUT2D eigenvalue weighted by Gasteiger charge is 2.41. The topological polar surface area (TPSA) is 122 Å². The zero-order valence-electron chi connectivity index (χ0n) is 18.3. The van der Waals surface area contributed by atoms with E-state index < -0.39 is 18.2 Å². The van der Waals surface area contributed by atoms with Crippen LogP contribution in [0.15, 0.2) is 12.1 Å². The molecule has 2 fully saturated rings. The minimum absolute atomic E-state index is 0.113. The van der Waals surface area contributed by atoms with E-state index in [0.717, 1.165) is 37.4 Å². The van der Waals surface area contributed by atoms with E-state index in [1.54, 1.807) is 4.90 Å². The summed E-state index contributed by atoms with van der Waals surface area (Å²) < 4.78 is 31.7. The van der Waals surface area contributed by atoms with E-state index in [0.29, 0.717) is 24.6 Å². The molecule has 2 atom stereocenters. The molecule has 4 aliphatic rings. The highest BCUT2D eigenvalue weighted by Crippen LogP contribution is 2.40. The summed E-state index contributed by atoms with van der Waals surface area (Å²) in [7, 11) is 2.06. The van der Waals surface area contributed by atoms with E-state index in [4.69, 9.17) is 9.90 Å². The Bertz CT molecular complexity index is 1050. The monoisotopic (exact) mass is 483 g/mol. The van der Waals surface area contributed by atoms with Crippen molar-refractivity contribution in [3.8, 4) is 0 Å². The van der Waals surface area contributed by atoms with Crippen molar-refractivity contribution in [1.82, 2.24) is 15.5 Å². The molecule has 184 valence electrons. The minimum atomic E-state index is -5.08. The van der Waals surface area contributed by atoms with Crippen molar-refractivity contribution in [3.63, 3.8) is 0 Å². The van der Waals surface area contributed by atoms with Crippen LogP contribution in [0.1, 0.15) is 28.8 Å². The van der Waals surface area contributed by atoms with E-state index >= 15 is 0 Å². The standard InChI is InChI=1S/C19H23N5O3.C2HF3O2/c1-22-10-12-8-20-4-5-23(12)16-6-11-9-24(19(27)13(11)7-15(16)22)14-2-3-17(25)21-18(14)26;3-2(4,5)1(6)7/h6-7,12,14,20H,2-5,8-10H2,1H3,(H,21,25,26);(H,6,7)/t12-,14?;/m0./s1. The van der Waals surface area contributed by atoms with Crippen LogP contribution < -0.4 is 20.4 Å². The molecule has 5 rings (SSSR count). The maximum atomic E-state index is 13.0. The maximum Gasteiger partial charge on any atom is 0.490 e. The second-order valence-electron chi connectivity index (χ2n) is 8.63. The van der Waals surface area contributed by atoms with Gasteiger partial charge in [-0.15, -0.1) is 0 Å². The van der Waals surface area contributed by atoms with Crippen molar-refractivity contribution in [3.05, 3.63) is 23.3 Å². The number of likely N-dealkylation sites (N-methyl/N-ethyl adjacent to an activating group) is 1. The van der Waals surface area contributed by atoms with Gasteiger partial charge in [-0.1, -0.05) is 0 Å². The molecule has 34 heavy (non-hydrogen) atoms. The molecular weight excluding hydrogens is 459 g/mol. The zero-order valence-corrected chi connectivity index (χ0v) is 18.3. The fraction of sp³-hybridized carbons (Fsp3) is 0.524. The van der Waals surface area contributed by atoms with Gasteiger partial charge < -0.3 is 25.1 Å². The average Bonchev–Trinajstić information content (AvgIpc) is 3.08. The number of hydrogen-bond donors (Lipinski definition) is 3. The lowest BCUT2D eigenvalue weighted by Crippen LogP contribution is -2.58. The van der Waals surface area contributed by atoms with Crippen LogP contribution in [-0.2, 0) is 20.9 Å². The molecule has 3 amide bonds. The van der Waals surface area contributed by atoms with Gasteiger partial charge in [-0.3, -0.25) is 19.7 Å². The fourth-order valence-corrected chi connectivity index (χ4v) is 4.78. The van der Waals surface area contributed by atoms with Gasteiger partial charge in [0.15, 0.2) is 0 Å². The summed E-state index contributed by atoms with van der Waals surface area (Å²) in [5.74, 6) is -3.50. The first kappa shape index (κ1) is 23.8. The number of carboxylic acid groups (broad SMARTS) is 1. The molecule has 13 heteroatoms. The lowest BCUT2D eigenvalue weighted by Gasteiger charge is -2.46. The second-order valence-corrected chi connectivity index (χ2v) is 8.63. The Morgan fingerprint density at radius 1 is 1.15 bits per heavy atom. The van der Waals surface area contributed by atoms with Crippen LogP contribution in [0.25, 0.3) is 0 Å². The number of nitrogens with one attached hydrogen (secondary N) is 2. The molecule has 0 spiro atoms. The van der Waals surface area contributed by atoms with E-state index in [1.807, 2.05) is 6.07 Å². The highest BCUT2D eigenvalue weighted by atomic mass is 19.4. The number of carboxylic acids is 1. The Morgan fingerprint density at radius 2 is 1.85 bits per heavy atom. The Hall–Kier alpha value is -3.35. The Kier molecular flexibility index (Phi) is 6.14. The number of fused-ring (bicyclic) bond motifs is 4. The summed E-state index contributed by atoms with van der Waals surface area (Å²) in [5.41, 5.74) is 3.90. The molecular formula is C21H24F3N5O5. The van der Waals surface area contributed by atoms with Crippen molar-refractivity contribution < 1.29 is 37.5 Å². The van der Waals surface area contributed by atoms with Gasteiger partial charge in [-0.25, -0.2) is 4.79 Å². The number of halogens is 3. The van der Waals surface area contributed by atoms with Gasteiger partial charge in [0.05, 0.1) is 17.4 Å². The van der Waals surface area contributed by atoms with E-state index in [-0.39, 0.29) is 24.1 Å². The molecule has 4 aliphatic heterocycles. The highest BCUT2D eigenvalue weighted by molar-refractivity contribution is 6.06. The number of hydrogen-bond acceptors (Lipinski definition) is 7. The molecule has 0 saturated carbocycles. The number of alkyl halides is 3. The predicted molar refractivity (Wildman–Crippen MR) is 113 cm³/mol. The Balaban J connectivity index is 0.000000344. The number of aliphatic carboxylic acids is 1. The van der Waals surface area contributed by atoms with E-state index in [1.165, 1.54) is 5.69 Å². The number of anilines is 2. The molecule has 2 saturated heterocycles. The van der Waals surface area contributed by atoms with Crippen molar-refractivity contribution in [1.29, 1.82) is 0 Å². The molecule has 0 bridgehead atoms. The SMILES string of the molecule is CN1C[C@@H]2CNCCN2c2cc3c(cc21)C(=O)N(C1CCC(=O)NC1=O)C3.O=C(O)C(F)(F)F. The summed E-state index contributed by atoms with van der Waals surface area (Å²) >= 11 is 0. The molecule has 0 aromatic heterocycles. The van der Waals surface area contributed by atoms with Crippen molar-refractivity contribution in [2.75, 3.05) is 43.0 Å². The zero-order chi connectivity index (χ0) is 24.8. The van der Waals surface area contributed by atoms with Crippen LogP contribution in [0.3, 0.4) is 0 Å². The predicted octanol–water partition coefficient (Wildman–Crippen LogP) is 0.309. The number of benzene rings is 1. The number of amides is 3. The van der Waals surface area contributed by atoms with Crippen molar-refractivity contribution in [2.24, 2.45) is 0 Å². The van der Waals surface area contributed by atoms with Gasteiger partial charge in [-0.05, 0) is 24.1 Å². The van der Waals surface area contributed by atoms with Crippen LogP contribution >= 0.6 is 0 Å². The number of carbonyl (C=O) groups is 4. The number of imide groups is 1. The molecule has 1 aromatic rings. The summed E-state index contributed by atoms with van der Waals surface area (Å²) in [6.45, 7) is 4.22. The second kappa shape index (κ2) is 8.78.